The topological polar surface area (TPSA) is 103 Å². The zero-order chi connectivity index (χ0) is 21.7. The molecule has 0 atom stereocenters. The third-order valence-corrected chi connectivity index (χ3v) is 4.02. The molecule has 0 aliphatic carbocycles. The van der Waals surface area contributed by atoms with Gasteiger partial charge in [-0.2, -0.15) is 18.4 Å². The summed E-state index contributed by atoms with van der Waals surface area (Å²) >= 11 is 0. The minimum Gasteiger partial charge on any atom is -0.355 e. The Balaban J connectivity index is 1.81. The first-order valence-electron chi connectivity index (χ1n) is 8.60. The second-order valence-corrected chi connectivity index (χ2v) is 6.06. The van der Waals surface area contributed by atoms with E-state index < -0.39 is 6.30 Å². The SMILES string of the molecule is CNC(=O)c1ccc(-c2cc(Nc3ccc(NC(F)(F)F)cc3)ncn2)cc1C#N. The molecule has 1 amide bonds. The van der Waals surface area contributed by atoms with Crippen LogP contribution in [-0.4, -0.2) is 29.2 Å². The van der Waals surface area contributed by atoms with Crippen LogP contribution in [0.3, 0.4) is 0 Å². The third kappa shape index (κ3) is 5.02. The molecule has 3 rings (SSSR count). The summed E-state index contributed by atoms with van der Waals surface area (Å²) in [6.07, 6.45) is -3.19. The predicted octanol–water partition coefficient (Wildman–Crippen LogP) is 4.05. The predicted molar refractivity (Wildman–Crippen MR) is 105 cm³/mol. The molecular formula is C20H15F3N6O. The fourth-order valence-corrected chi connectivity index (χ4v) is 2.66. The van der Waals surface area contributed by atoms with Crippen LogP contribution in [0.25, 0.3) is 11.3 Å². The summed E-state index contributed by atoms with van der Waals surface area (Å²) in [5.41, 5.74) is 2.00. The number of nitrogens with zero attached hydrogens (tertiary/aromatic N) is 3. The van der Waals surface area contributed by atoms with Gasteiger partial charge in [-0.1, -0.05) is 6.07 Å². The van der Waals surface area contributed by atoms with Crippen molar-refractivity contribution in [1.29, 1.82) is 5.26 Å². The van der Waals surface area contributed by atoms with Crippen LogP contribution in [-0.2, 0) is 0 Å². The normalized spacial score (nSPS) is 10.8. The van der Waals surface area contributed by atoms with Gasteiger partial charge in [-0.25, -0.2) is 9.97 Å². The Hall–Kier alpha value is -4.13. The van der Waals surface area contributed by atoms with Crippen LogP contribution in [0.1, 0.15) is 15.9 Å². The average Bonchev–Trinajstić information content (AvgIpc) is 2.73. The molecule has 2 aromatic carbocycles. The molecule has 0 fully saturated rings. The molecule has 0 unspecified atom stereocenters. The number of anilines is 3. The largest absolute Gasteiger partial charge is 0.482 e. The molecule has 3 N–H and O–H groups in total. The smallest absolute Gasteiger partial charge is 0.355 e. The number of carbonyl (C=O) groups is 1. The molecular weight excluding hydrogens is 397 g/mol. The number of alkyl halides is 3. The van der Waals surface area contributed by atoms with Gasteiger partial charge in [0.15, 0.2) is 0 Å². The molecule has 0 spiro atoms. The van der Waals surface area contributed by atoms with Crippen LogP contribution in [0.4, 0.5) is 30.4 Å². The molecule has 0 saturated heterocycles. The zero-order valence-corrected chi connectivity index (χ0v) is 15.6. The van der Waals surface area contributed by atoms with Gasteiger partial charge in [0, 0.05) is 30.1 Å². The van der Waals surface area contributed by atoms with Gasteiger partial charge in [-0.05, 0) is 36.4 Å². The van der Waals surface area contributed by atoms with E-state index in [9.17, 15) is 23.2 Å². The van der Waals surface area contributed by atoms with Crippen LogP contribution in [0.5, 0.6) is 0 Å². The number of nitrogens with one attached hydrogen (secondary N) is 3. The van der Waals surface area contributed by atoms with Gasteiger partial charge < -0.3 is 10.6 Å². The van der Waals surface area contributed by atoms with Crippen molar-refractivity contribution in [3.8, 4) is 17.3 Å². The average molecular weight is 412 g/mol. The number of rotatable bonds is 5. The van der Waals surface area contributed by atoms with Crippen LogP contribution in [0.2, 0.25) is 0 Å². The zero-order valence-electron chi connectivity index (χ0n) is 15.6. The molecule has 1 aromatic heterocycles. The van der Waals surface area contributed by atoms with Gasteiger partial charge in [-0.15, -0.1) is 0 Å². The highest BCUT2D eigenvalue weighted by Crippen LogP contribution is 2.25. The molecule has 1 heterocycles. The van der Waals surface area contributed by atoms with Crippen molar-refractivity contribution in [2.45, 2.75) is 6.30 Å². The van der Waals surface area contributed by atoms with Crippen molar-refractivity contribution in [3.63, 3.8) is 0 Å². The minimum atomic E-state index is -4.51. The highest BCUT2D eigenvalue weighted by molar-refractivity contribution is 5.97. The highest BCUT2D eigenvalue weighted by Gasteiger charge is 2.26. The van der Waals surface area contributed by atoms with E-state index in [2.05, 4.69) is 20.6 Å². The molecule has 0 aliphatic rings. The summed E-state index contributed by atoms with van der Waals surface area (Å²) < 4.78 is 37.1. The molecule has 152 valence electrons. The van der Waals surface area contributed by atoms with E-state index in [0.717, 1.165) is 0 Å². The molecule has 0 radical (unpaired) electrons. The first-order valence-corrected chi connectivity index (χ1v) is 8.60. The van der Waals surface area contributed by atoms with Crippen molar-refractivity contribution < 1.29 is 18.0 Å². The quantitative estimate of drug-likeness (QED) is 0.547. The Kier molecular flexibility index (Phi) is 5.83. The second-order valence-electron chi connectivity index (χ2n) is 6.06. The Morgan fingerprint density at radius 3 is 2.37 bits per heavy atom. The molecule has 7 nitrogen and oxygen atoms in total. The van der Waals surface area contributed by atoms with Gasteiger partial charge in [0.05, 0.1) is 22.9 Å². The summed E-state index contributed by atoms with van der Waals surface area (Å²) in [4.78, 5) is 20.1. The van der Waals surface area contributed by atoms with Crippen LogP contribution in [0.15, 0.2) is 54.9 Å². The number of nitriles is 1. The summed E-state index contributed by atoms with van der Waals surface area (Å²) in [5, 5.41) is 16.2. The fourth-order valence-electron chi connectivity index (χ4n) is 2.66. The number of halogens is 3. The third-order valence-electron chi connectivity index (χ3n) is 4.02. The number of carbonyl (C=O) groups excluding carboxylic acids is 1. The summed E-state index contributed by atoms with van der Waals surface area (Å²) in [6, 6.07) is 13.9. The van der Waals surface area contributed by atoms with Crippen molar-refractivity contribution >= 4 is 23.1 Å². The fraction of sp³-hybridized carbons (Fsp3) is 0.100. The minimum absolute atomic E-state index is 0.0864. The van der Waals surface area contributed by atoms with Gasteiger partial charge in [0.2, 0.25) is 0 Å². The highest BCUT2D eigenvalue weighted by atomic mass is 19.4. The van der Waals surface area contributed by atoms with Crippen molar-refractivity contribution in [2.24, 2.45) is 0 Å². The monoisotopic (exact) mass is 412 g/mol. The van der Waals surface area contributed by atoms with Gasteiger partial charge >= 0.3 is 6.30 Å². The Bertz CT molecular complexity index is 1110. The molecule has 0 bridgehead atoms. The molecule has 0 aliphatic heterocycles. The summed E-state index contributed by atoms with van der Waals surface area (Å²) in [6.45, 7) is 0. The number of amides is 1. The molecule has 10 heteroatoms. The van der Waals surface area contributed by atoms with Crippen molar-refractivity contribution in [1.82, 2.24) is 15.3 Å². The van der Waals surface area contributed by atoms with Crippen LogP contribution in [0, 0.1) is 11.3 Å². The summed E-state index contributed by atoms with van der Waals surface area (Å²) in [7, 11) is 1.48. The number of hydrogen-bond acceptors (Lipinski definition) is 6. The Labute approximate surface area is 169 Å². The van der Waals surface area contributed by atoms with E-state index in [1.807, 2.05) is 6.07 Å². The van der Waals surface area contributed by atoms with Crippen molar-refractivity contribution in [2.75, 3.05) is 17.7 Å². The maximum atomic E-state index is 12.4. The molecule has 0 saturated carbocycles. The van der Waals surface area contributed by atoms with E-state index in [1.54, 1.807) is 18.2 Å². The number of hydrogen-bond donors (Lipinski definition) is 3. The van der Waals surface area contributed by atoms with E-state index in [4.69, 9.17) is 0 Å². The second kappa shape index (κ2) is 8.48. The van der Waals surface area contributed by atoms with Gasteiger partial charge in [0.1, 0.15) is 12.1 Å². The van der Waals surface area contributed by atoms with Crippen LogP contribution < -0.4 is 16.0 Å². The van der Waals surface area contributed by atoms with E-state index >= 15 is 0 Å². The summed E-state index contributed by atoms with van der Waals surface area (Å²) in [5.74, 6) is 0.0389. The van der Waals surface area contributed by atoms with Gasteiger partial charge in [0.25, 0.3) is 5.91 Å². The first kappa shape index (κ1) is 20.6. The Morgan fingerprint density at radius 1 is 1.03 bits per heavy atom. The number of aromatic nitrogens is 2. The Morgan fingerprint density at radius 2 is 1.73 bits per heavy atom. The lowest BCUT2D eigenvalue weighted by atomic mass is 10.0. The van der Waals surface area contributed by atoms with Gasteiger partial charge in [-0.3, -0.25) is 10.1 Å². The lowest BCUT2D eigenvalue weighted by Crippen LogP contribution is -2.20. The maximum absolute atomic E-state index is 12.4. The van der Waals surface area contributed by atoms with E-state index in [-0.39, 0.29) is 22.7 Å². The first-order chi connectivity index (χ1) is 14.3. The lowest BCUT2D eigenvalue weighted by Gasteiger charge is -2.11. The van der Waals surface area contributed by atoms with Crippen LogP contribution >= 0.6 is 0 Å². The van der Waals surface area contributed by atoms with Crippen molar-refractivity contribution in [3.05, 3.63) is 66.0 Å². The van der Waals surface area contributed by atoms with E-state index in [0.29, 0.717) is 22.8 Å². The standard InChI is InChI=1S/C20H15F3N6O/c1-25-19(30)16-7-2-12(8-13(16)10-24)17-9-18(27-11-26-17)28-14-3-5-15(6-4-14)29-20(21,22)23/h2-9,11,29H,1H3,(H,25,30)(H,26,27,28). The lowest BCUT2D eigenvalue weighted by molar-refractivity contribution is -0.0999. The maximum Gasteiger partial charge on any atom is 0.482 e. The molecule has 3 aromatic rings. The van der Waals surface area contributed by atoms with E-state index in [1.165, 1.54) is 49.0 Å². The molecule has 30 heavy (non-hydrogen) atoms. The number of benzene rings is 2.